The minimum atomic E-state index is -3.72. The molecule has 5 rings (SSSR count). The van der Waals surface area contributed by atoms with Gasteiger partial charge in [0.1, 0.15) is 0 Å². The van der Waals surface area contributed by atoms with Crippen LogP contribution in [0, 0.1) is 13.8 Å². The number of hydrogen-bond donors (Lipinski definition) is 0. The second-order valence-corrected chi connectivity index (χ2v) is 12.5. The van der Waals surface area contributed by atoms with Crippen LogP contribution in [0.25, 0.3) is 10.2 Å². The van der Waals surface area contributed by atoms with Crippen LogP contribution in [0.3, 0.4) is 0 Å². The monoisotopic (exact) mass is 534 g/mol. The third-order valence-corrected chi connectivity index (χ3v) is 9.65. The molecule has 1 amide bonds. The molecule has 37 heavy (non-hydrogen) atoms. The Kier molecular flexibility index (Phi) is 6.78. The zero-order chi connectivity index (χ0) is 26.3. The highest BCUT2D eigenvalue weighted by molar-refractivity contribution is 7.92. The average molecular weight is 535 g/mol. The molecular formula is C28H30N4O3S2. The standard InChI is InChI=1S/C28H30N4O3S2/c1-19-17-20(2)26-24(18-19)29-28(36-26)31(16-15-30(3)4)27(33)22-9-11-23(12-10-22)37(34,35)32-14-13-21-7-5-6-8-25(21)32/h5-12,17-18H,13-16H2,1-4H3. The number of carbonyl (C=O) groups excluding carboxylic acids is 1. The summed E-state index contributed by atoms with van der Waals surface area (Å²) in [6.07, 6.45) is 0.688. The summed E-state index contributed by atoms with van der Waals surface area (Å²) in [7, 11) is 0.203. The Balaban J connectivity index is 1.45. The SMILES string of the molecule is Cc1cc(C)c2sc(N(CCN(C)C)C(=O)c3ccc(S(=O)(=O)N4CCc5ccccc54)cc3)nc2c1. The van der Waals surface area contributed by atoms with Gasteiger partial charge in [0.15, 0.2) is 5.13 Å². The fraction of sp³-hybridized carbons (Fsp3) is 0.286. The molecule has 0 aliphatic carbocycles. The van der Waals surface area contributed by atoms with Gasteiger partial charge in [-0.05, 0) is 87.5 Å². The number of thiazole rings is 1. The number of amides is 1. The van der Waals surface area contributed by atoms with Crippen LogP contribution >= 0.6 is 11.3 Å². The Bertz CT molecular complexity index is 1580. The molecule has 1 aliphatic rings. The molecule has 1 aromatic heterocycles. The van der Waals surface area contributed by atoms with Crippen molar-refractivity contribution in [3.05, 3.63) is 82.9 Å². The van der Waals surface area contributed by atoms with Gasteiger partial charge in [0.05, 0.1) is 20.8 Å². The van der Waals surface area contributed by atoms with Crippen LogP contribution in [0.15, 0.2) is 65.6 Å². The zero-order valence-corrected chi connectivity index (χ0v) is 23.1. The van der Waals surface area contributed by atoms with E-state index in [0.717, 1.165) is 32.6 Å². The normalized spacial score (nSPS) is 13.4. The number of carbonyl (C=O) groups is 1. The second-order valence-electron chi connectivity index (χ2n) is 9.67. The van der Waals surface area contributed by atoms with E-state index in [4.69, 9.17) is 4.98 Å². The second kappa shape index (κ2) is 9.89. The highest BCUT2D eigenvalue weighted by Gasteiger charge is 2.31. The van der Waals surface area contributed by atoms with Crippen LogP contribution in [0.2, 0.25) is 0 Å². The predicted molar refractivity (Wildman–Crippen MR) is 150 cm³/mol. The molecule has 2 heterocycles. The van der Waals surface area contributed by atoms with Crippen LogP contribution in [0.4, 0.5) is 10.8 Å². The summed E-state index contributed by atoms with van der Waals surface area (Å²) in [5.74, 6) is -0.203. The molecule has 0 N–H and O–H groups in total. The summed E-state index contributed by atoms with van der Waals surface area (Å²) in [4.78, 5) is 22.4. The first kappa shape index (κ1) is 25.4. The Morgan fingerprint density at radius 3 is 2.49 bits per heavy atom. The number of benzene rings is 3. The van der Waals surface area contributed by atoms with Crippen LogP contribution in [-0.4, -0.2) is 57.9 Å². The van der Waals surface area contributed by atoms with Crippen LogP contribution in [0.1, 0.15) is 27.0 Å². The van der Waals surface area contributed by atoms with Gasteiger partial charge >= 0.3 is 0 Å². The van der Waals surface area contributed by atoms with Gasteiger partial charge in [-0.2, -0.15) is 0 Å². The maximum absolute atomic E-state index is 13.7. The average Bonchev–Trinajstić information content (AvgIpc) is 3.49. The van der Waals surface area contributed by atoms with E-state index in [9.17, 15) is 13.2 Å². The van der Waals surface area contributed by atoms with Crippen molar-refractivity contribution >= 4 is 48.3 Å². The van der Waals surface area contributed by atoms with Gasteiger partial charge in [0.2, 0.25) is 0 Å². The topological polar surface area (TPSA) is 73.8 Å². The summed E-state index contributed by atoms with van der Waals surface area (Å²) in [5, 5.41) is 0.640. The smallest absolute Gasteiger partial charge is 0.264 e. The number of sulfonamides is 1. The molecule has 4 aromatic rings. The lowest BCUT2D eigenvalue weighted by Gasteiger charge is -2.22. The molecule has 0 saturated heterocycles. The molecule has 3 aromatic carbocycles. The van der Waals surface area contributed by atoms with Gasteiger partial charge in [-0.25, -0.2) is 13.4 Å². The highest BCUT2D eigenvalue weighted by atomic mass is 32.2. The van der Waals surface area contributed by atoms with Gasteiger partial charge in [-0.3, -0.25) is 14.0 Å². The quantitative estimate of drug-likeness (QED) is 0.338. The third-order valence-electron chi connectivity index (χ3n) is 6.59. The van der Waals surface area contributed by atoms with Crippen molar-refractivity contribution in [3.8, 4) is 0 Å². The lowest BCUT2D eigenvalue weighted by molar-refractivity contribution is 0.0985. The van der Waals surface area contributed by atoms with Crippen LogP contribution in [-0.2, 0) is 16.4 Å². The van der Waals surface area contributed by atoms with Crippen molar-refractivity contribution < 1.29 is 13.2 Å². The minimum absolute atomic E-state index is 0.173. The first-order valence-electron chi connectivity index (χ1n) is 12.2. The number of aryl methyl sites for hydroxylation is 2. The number of para-hydroxylation sites is 1. The molecule has 1 aliphatic heterocycles. The van der Waals surface area contributed by atoms with Gasteiger partial charge in [-0.1, -0.05) is 35.6 Å². The molecule has 0 spiro atoms. The van der Waals surface area contributed by atoms with Crippen LogP contribution < -0.4 is 9.21 Å². The van der Waals surface area contributed by atoms with E-state index in [2.05, 4.69) is 13.0 Å². The van der Waals surface area contributed by atoms with Crippen molar-refractivity contribution in [2.75, 3.05) is 42.9 Å². The Hall–Kier alpha value is -3.27. The molecule has 9 heteroatoms. The summed E-state index contributed by atoms with van der Waals surface area (Å²) in [6, 6.07) is 18.0. The van der Waals surface area contributed by atoms with Gasteiger partial charge in [-0.15, -0.1) is 0 Å². The van der Waals surface area contributed by atoms with Gasteiger partial charge < -0.3 is 4.90 Å². The maximum Gasteiger partial charge on any atom is 0.264 e. The van der Waals surface area contributed by atoms with Gasteiger partial charge in [0, 0.05) is 25.2 Å². The number of nitrogens with zero attached hydrogens (tertiary/aromatic N) is 4. The van der Waals surface area contributed by atoms with Gasteiger partial charge in [0.25, 0.3) is 15.9 Å². The molecule has 0 saturated carbocycles. The Labute approximate surface area is 222 Å². The van der Waals surface area contributed by atoms with Crippen molar-refractivity contribution in [3.63, 3.8) is 0 Å². The summed E-state index contributed by atoms with van der Waals surface area (Å²) < 4.78 is 29.3. The van der Waals surface area contributed by atoms with Crippen molar-refractivity contribution in [1.82, 2.24) is 9.88 Å². The van der Waals surface area contributed by atoms with Crippen molar-refractivity contribution in [2.45, 2.75) is 25.2 Å². The van der Waals surface area contributed by atoms with E-state index >= 15 is 0 Å². The Morgan fingerprint density at radius 1 is 1.03 bits per heavy atom. The van der Waals surface area contributed by atoms with E-state index in [0.29, 0.717) is 36.8 Å². The molecule has 0 atom stereocenters. The first-order chi connectivity index (χ1) is 17.6. The fourth-order valence-electron chi connectivity index (χ4n) is 4.67. The first-order valence-corrected chi connectivity index (χ1v) is 14.5. The van der Waals surface area contributed by atoms with Crippen molar-refractivity contribution in [1.29, 1.82) is 0 Å². The molecule has 0 fully saturated rings. The van der Waals surface area contributed by atoms with E-state index in [1.54, 1.807) is 17.0 Å². The summed E-state index contributed by atoms with van der Waals surface area (Å²) in [6.45, 7) is 5.64. The lowest BCUT2D eigenvalue weighted by atomic mass is 10.1. The molecule has 0 bridgehead atoms. The van der Waals surface area contributed by atoms with Crippen molar-refractivity contribution in [2.24, 2.45) is 0 Å². The molecular weight excluding hydrogens is 504 g/mol. The van der Waals surface area contributed by atoms with Crippen LogP contribution in [0.5, 0.6) is 0 Å². The van der Waals surface area contributed by atoms with E-state index in [-0.39, 0.29) is 10.8 Å². The molecule has 0 unspecified atom stereocenters. The zero-order valence-electron chi connectivity index (χ0n) is 21.4. The van der Waals surface area contributed by atoms with E-state index in [1.807, 2.05) is 56.3 Å². The number of aromatic nitrogens is 1. The number of likely N-dealkylation sites (N-methyl/N-ethyl adjacent to an activating group) is 1. The van der Waals surface area contributed by atoms with E-state index < -0.39 is 10.0 Å². The highest BCUT2D eigenvalue weighted by Crippen LogP contribution is 2.34. The number of hydrogen-bond acceptors (Lipinski definition) is 6. The van der Waals surface area contributed by atoms with E-state index in [1.165, 1.54) is 27.8 Å². The molecule has 0 radical (unpaired) electrons. The number of rotatable bonds is 7. The third kappa shape index (κ3) is 4.86. The summed E-state index contributed by atoms with van der Waals surface area (Å²) in [5.41, 5.74) is 5.32. The number of anilines is 2. The fourth-order valence-corrected chi connectivity index (χ4v) is 7.22. The summed E-state index contributed by atoms with van der Waals surface area (Å²) >= 11 is 1.51. The molecule has 7 nitrogen and oxygen atoms in total. The Morgan fingerprint density at radius 2 is 1.76 bits per heavy atom. The minimum Gasteiger partial charge on any atom is -0.308 e. The molecule has 192 valence electrons. The lowest BCUT2D eigenvalue weighted by Crippen LogP contribution is -2.36. The number of fused-ring (bicyclic) bond motifs is 2. The largest absolute Gasteiger partial charge is 0.308 e. The maximum atomic E-state index is 13.7. The predicted octanol–water partition coefficient (Wildman–Crippen LogP) is 4.87.